The molecule has 204 valence electrons. The molecular formula is C27H36Cl2FN3O4. The molecule has 1 aliphatic heterocycles. The number of nitrogens with one attached hydrogen (secondary N) is 2. The van der Waals surface area contributed by atoms with Crippen molar-refractivity contribution < 1.29 is 24.1 Å². The first-order valence-corrected chi connectivity index (χ1v) is 13.0. The van der Waals surface area contributed by atoms with Gasteiger partial charge in [0.2, 0.25) is 5.91 Å². The Kier molecular flexibility index (Phi) is 9.48. The molecule has 1 aliphatic rings. The van der Waals surface area contributed by atoms with Gasteiger partial charge in [0.25, 0.3) is 0 Å². The fourth-order valence-corrected chi connectivity index (χ4v) is 5.49. The molecule has 0 unspecified atom stereocenters. The summed E-state index contributed by atoms with van der Waals surface area (Å²) in [5.74, 6) is -1.51. The van der Waals surface area contributed by atoms with Gasteiger partial charge in [-0.2, -0.15) is 0 Å². The molecule has 0 radical (unpaired) electrons. The normalized spacial score (nSPS) is 24.6. The van der Waals surface area contributed by atoms with E-state index in [1.807, 2.05) is 0 Å². The van der Waals surface area contributed by atoms with Gasteiger partial charge in [0, 0.05) is 29.1 Å². The van der Waals surface area contributed by atoms with Crippen LogP contribution in [0.25, 0.3) is 0 Å². The van der Waals surface area contributed by atoms with E-state index in [1.165, 1.54) is 13.2 Å². The number of rotatable bonds is 9. The predicted octanol–water partition coefficient (Wildman–Crippen LogP) is 3.72. The summed E-state index contributed by atoms with van der Waals surface area (Å²) in [5, 5.41) is 25.4. The summed E-state index contributed by atoms with van der Waals surface area (Å²) in [5.41, 5.74) is 6.61. The quantitative estimate of drug-likeness (QED) is 0.322. The lowest BCUT2D eigenvalue weighted by atomic mass is 9.68. The molecule has 0 aromatic heterocycles. The second-order valence-electron chi connectivity index (χ2n) is 10.8. The van der Waals surface area contributed by atoms with Crippen molar-refractivity contribution in [3.05, 3.63) is 63.4 Å². The van der Waals surface area contributed by atoms with E-state index >= 15 is 4.39 Å². The van der Waals surface area contributed by atoms with Crippen LogP contribution in [-0.2, 0) is 10.3 Å². The molecule has 1 fully saturated rings. The summed E-state index contributed by atoms with van der Waals surface area (Å²) in [6, 6.07) is 8.36. The van der Waals surface area contributed by atoms with Crippen molar-refractivity contribution >= 4 is 29.1 Å². The van der Waals surface area contributed by atoms with Gasteiger partial charge in [-0.25, -0.2) is 4.39 Å². The summed E-state index contributed by atoms with van der Waals surface area (Å²) >= 11 is 12.4. The number of halogens is 3. The maximum Gasteiger partial charge on any atom is 0.237 e. The highest BCUT2D eigenvalue weighted by Crippen LogP contribution is 2.51. The van der Waals surface area contributed by atoms with Crippen LogP contribution in [0.1, 0.15) is 50.7 Å². The lowest BCUT2D eigenvalue weighted by Crippen LogP contribution is -2.52. The third-order valence-electron chi connectivity index (χ3n) is 6.84. The van der Waals surface area contributed by atoms with E-state index in [1.54, 1.807) is 30.3 Å². The van der Waals surface area contributed by atoms with Crippen LogP contribution in [0.2, 0.25) is 10.0 Å². The molecule has 6 N–H and O–H groups in total. The van der Waals surface area contributed by atoms with Crippen molar-refractivity contribution in [2.45, 2.75) is 63.3 Å². The highest BCUT2D eigenvalue weighted by atomic mass is 35.5. The predicted molar refractivity (Wildman–Crippen MR) is 144 cm³/mol. The number of methoxy groups -OCH3 is 1. The third kappa shape index (κ3) is 6.38. The first-order chi connectivity index (χ1) is 17.3. The van der Waals surface area contributed by atoms with Gasteiger partial charge in [-0.1, -0.05) is 62.2 Å². The number of amides is 1. The van der Waals surface area contributed by atoms with Crippen molar-refractivity contribution in [3.8, 4) is 5.75 Å². The molecular weight excluding hydrogens is 520 g/mol. The molecule has 0 bridgehead atoms. The molecule has 0 aliphatic carbocycles. The van der Waals surface area contributed by atoms with E-state index in [0.29, 0.717) is 22.8 Å². The van der Waals surface area contributed by atoms with Crippen LogP contribution < -0.4 is 21.1 Å². The number of nitrogens with two attached hydrogens (primary N) is 1. The maximum absolute atomic E-state index is 15.6. The summed E-state index contributed by atoms with van der Waals surface area (Å²) < 4.78 is 21.3. The van der Waals surface area contributed by atoms with Crippen molar-refractivity contribution in [1.82, 2.24) is 10.6 Å². The van der Waals surface area contributed by atoms with Gasteiger partial charge in [0.15, 0.2) is 0 Å². The molecule has 5 atom stereocenters. The molecule has 10 heteroatoms. The Hall–Kier alpha value is -1.94. The highest BCUT2D eigenvalue weighted by Gasteiger charge is 2.58. The maximum atomic E-state index is 15.6. The van der Waals surface area contributed by atoms with E-state index in [0.717, 1.165) is 0 Å². The first kappa shape index (κ1) is 29.6. The van der Waals surface area contributed by atoms with Gasteiger partial charge in [0.05, 0.1) is 36.4 Å². The van der Waals surface area contributed by atoms with E-state index in [2.05, 4.69) is 31.4 Å². The van der Waals surface area contributed by atoms with Crippen LogP contribution in [0.5, 0.6) is 5.75 Å². The Morgan fingerprint density at radius 2 is 2.00 bits per heavy atom. The first-order valence-electron chi connectivity index (χ1n) is 12.2. The van der Waals surface area contributed by atoms with Gasteiger partial charge >= 0.3 is 0 Å². The smallest absolute Gasteiger partial charge is 0.237 e. The van der Waals surface area contributed by atoms with Gasteiger partial charge in [-0.15, -0.1) is 0 Å². The largest absolute Gasteiger partial charge is 0.496 e. The van der Waals surface area contributed by atoms with Gasteiger partial charge in [-0.05, 0) is 42.0 Å². The van der Waals surface area contributed by atoms with Crippen LogP contribution in [0.15, 0.2) is 36.4 Å². The van der Waals surface area contributed by atoms with Gasteiger partial charge in [0.1, 0.15) is 11.6 Å². The zero-order valence-corrected chi connectivity index (χ0v) is 23.0. The fourth-order valence-electron chi connectivity index (χ4n) is 5.15. The van der Waals surface area contributed by atoms with Crippen LogP contribution in [0, 0.1) is 11.2 Å². The zero-order chi connectivity index (χ0) is 27.5. The Morgan fingerprint density at radius 1 is 1.30 bits per heavy atom. The average Bonchev–Trinajstić information content (AvgIpc) is 3.11. The monoisotopic (exact) mass is 555 g/mol. The van der Waals surface area contributed by atoms with Crippen molar-refractivity contribution in [2.24, 2.45) is 11.1 Å². The summed E-state index contributed by atoms with van der Waals surface area (Å²) in [4.78, 5) is 13.6. The second-order valence-corrected chi connectivity index (χ2v) is 11.6. The van der Waals surface area contributed by atoms with Gasteiger partial charge < -0.3 is 31.3 Å². The number of hydrogen-bond donors (Lipinski definition) is 5. The minimum Gasteiger partial charge on any atom is -0.496 e. The Labute approximate surface area is 227 Å². The van der Waals surface area contributed by atoms with E-state index in [4.69, 9.17) is 38.8 Å². The lowest BCUT2D eigenvalue weighted by molar-refractivity contribution is -0.123. The molecule has 3 rings (SSSR count). The van der Waals surface area contributed by atoms with E-state index in [9.17, 15) is 9.90 Å². The van der Waals surface area contributed by atoms with Gasteiger partial charge in [-0.3, -0.25) is 4.79 Å². The summed E-state index contributed by atoms with van der Waals surface area (Å²) in [6.07, 6.45) is -0.241. The standard InChI is InChI=1S/C27H36Cl2FN3O4/c1-26(2,3)13-21-27(31,18-9-8-15(28)12-20(18)37-4)22(17-6-5-7-19(29)23(17)30)24(33-21)25(36)32-11-10-16(35)14-34/h5-9,12,16,21-22,24,33-35H,10-11,13-14,31H2,1-4H3,(H,32,36)/t16-,21-,22-,24-,27+/m0/s1. The number of carbonyl (C=O) groups is 1. The molecule has 37 heavy (non-hydrogen) atoms. The van der Waals surface area contributed by atoms with E-state index in [-0.39, 0.29) is 29.0 Å². The molecule has 1 amide bonds. The average molecular weight is 557 g/mol. The Bertz CT molecular complexity index is 1110. The number of benzene rings is 2. The summed E-state index contributed by atoms with van der Waals surface area (Å²) in [6.45, 7) is 5.89. The molecule has 2 aromatic rings. The second kappa shape index (κ2) is 11.8. The third-order valence-corrected chi connectivity index (χ3v) is 7.37. The number of carbonyl (C=O) groups excluding carboxylic acids is 1. The minimum absolute atomic E-state index is 0.0765. The zero-order valence-electron chi connectivity index (χ0n) is 21.5. The van der Waals surface area contributed by atoms with Crippen molar-refractivity contribution in [2.75, 3.05) is 20.3 Å². The van der Waals surface area contributed by atoms with Crippen LogP contribution in [-0.4, -0.2) is 54.6 Å². The highest BCUT2D eigenvalue weighted by molar-refractivity contribution is 6.31. The van der Waals surface area contributed by atoms with Crippen molar-refractivity contribution in [3.63, 3.8) is 0 Å². The number of ether oxygens (including phenoxy) is 1. The van der Waals surface area contributed by atoms with Crippen LogP contribution >= 0.6 is 23.2 Å². The number of aliphatic hydroxyl groups is 2. The Morgan fingerprint density at radius 3 is 2.62 bits per heavy atom. The van der Waals surface area contributed by atoms with E-state index < -0.39 is 48.0 Å². The summed E-state index contributed by atoms with van der Waals surface area (Å²) in [7, 11) is 1.51. The molecule has 1 saturated heterocycles. The van der Waals surface area contributed by atoms with Crippen LogP contribution in [0.3, 0.4) is 0 Å². The fraction of sp³-hybridized carbons (Fsp3) is 0.519. The molecule has 0 saturated carbocycles. The van der Waals surface area contributed by atoms with Crippen LogP contribution in [0.4, 0.5) is 4.39 Å². The molecule has 7 nitrogen and oxygen atoms in total. The molecule has 0 spiro atoms. The topological polar surface area (TPSA) is 117 Å². The lowest BCUT2D eigenvalue weighted by Gasteiger charge is -2.40. The minimum atomic E-state index is -1.30. The number of aliphatic hydroxyl groups excluding tert-OH is 2. The Balaban J connectivity index is 2.20. The van der Waals surface area contributed by atoms with Crippen molar-refractivity contribution in [1.29, 1.82) is 0 Å². The number of hydrogen-bond acceptors (Lipinski definition) is 6. The molecule has 2 aromatic carbocycles. The SMILES string of the molecule is COc1cc(Cl)ccc1[C@@]1(N)[C@H](CC(C)(C)C)N[C@H](C(=O)NCC[C@H](O)CO)[C@@H]1c1cccc(Cl)c1F. The molecule has 1 heterocycles.